The summed E-state index contributed by atoms with van der Waals surface area (Å²) in [5.74, 6) is -0.185. The van der Waals surface area contributed by atoms with Crippen LogP contribution in [0.15, 0.2) is 70.9 Å². The normalized spacial score (nSPS) is 14.2. The number of carboxylic acid groups (broad SMARTS) is 1. The number of nitriles is 1. The Morgan fingerprint density at radius 1 is 1.28 bits per heavy atom. The van der Waals surface area contributed by atoms with E-state index in [1.165, 1.54) is 28.7 Å². The van der Waals surface area contributed by atoms with Gasteiger partial charge in [0.05, 0.1) is 43.5 Å². The van der Waals surface area contributed by atoms with Gasteiger partial charge in [-0.15, -0.1) is 5.10 Å². The maximum atomic E-state index is 13.6. The van der Waals surface area contributed by atoms with Crippen molar-refractivity contribution in [1.29, 1.82) is 5.26 Å². The van der Waals surface area contributed by atoms with Crippen molar-refractivity contribution in [2.24, 2.45) is 7.05 Å². The van der Waals surface area contributed by atoms with E-state index in [-0.39, 0.29) is 29.5 Å². The number of rotatable bonds is 7. The van der Waals surface area contributed by atoms with E-state index in [1.54, 1.807) is 49.1 Å². The maximum Gasteiger partial charge on any atom is 0.416 e. The molecule has 46 heavy (non-hydrogen) atoms. The van der Waals surface area contributed by atoms with Crippen molar-refractivity contribution in [3.05, 3.63) is 105 Å². The Hall–Kier alpha value is -5.69. The summed E-state index contributed by atoms with van der Waals surface area (Å²) < 4.78 is 50.7. The van der Waals surface area contributed by atoms with E-state index in [2.05, 4.69) is 16.3 Å². The number of carbonyl (C=O) groups is 2. The molecule has 0 saturated carbocycles. The van der Waals surface area contributed by atoms with Crippen molar-refractivity contribution in [3.8, 4) is 6.07 Å². The Kier molecular flexibility index (Phi) is 9.76. The van der Waals surface area contributed by atoms with Crippen molar-refractivity contribution in [2.75, 3.05) is 12.0 Å². The van der Waals surface area contributed by atoms with E-state index in [0.717, 1.165) is 12.1 Å². The van der Waals surface area contributed by atoms with Crippen molar-refractivity contribution >= 4 is 24.1 Å². The molecule has 0 fully saturated rings. The van der Waals surface area contributed by atoms with Crippen LogP contribution in [-0.2, 0) is 47.1 Å². The number of nitrogens with one attached hydrogen (secondary N) is 1. The fourth-order valence-corrected chi connectivity index (χ4v) is 5.44. The number of H-pyrrole nitrogens is 1. The summed E-state index contributed by atoms with van der Waals surface area (Å²) in [6, 6.07) is 10.3. The minimum Gasteiger partial charge on any atom is -0.554 e. The summed E-state index contributed by atoms with van der Waals surface area (Å²) >= 11 is 0. The molecule has 0 radical (unpaired) electrons. The highest BCUT2D eigenvalue weighted by atomic mass is 19.4. The number of allylic oxidation sites excluding steroid dienone is 1. The third kappa shape index (κ3) is 6.26. The number of aromatic nitrogens is 5. The first-order chi connectivity index (χ1) is 21.9. The summed E-state index contributed by atoms with van der Waals surface area (Å²) in [4.78, 5) is 36.2. The fraction of sp³-hybridized carbons (Fsp3) is 0.267. The lowest BCUT2D eigenvalue weighted by molar-refractivity contribution is -0.680. The number of halogens is 3. The van der Waals surface area contributed by atoms with Gasteiger partial charge in [-0.05, 0) is 48.4 Å². The molecule has 0 spiro atoms. The van der Waals surface area contributed by atoms with E-state index >= 15 is 0 Å². The number of methoxy groups -OCH3 is 1. The molecule has 0 saturated heterocycles. The van der Waals surface area contributed by atoms with Crippen molar-refractivity contribution in [2.45, 2.75) is 38.7 Å². The molecule has 2 aromatic carbocycles. The molecule has 3 heterocycles. The molecule has 1 aliphatic heterocycles. The number of aryl methyl sites for hydroxylation is 3. The molecule has 0 bridgehead atoms. The molecular formula is C30H28F3N7O6. The number of ether oxygens (including phenoxy) is 1. The SMILES string of the molecule is COC(=O)C1=C(C)N(c2cccc(C(F)(F)F)c2)c2n[nH]c(=O)n2[C@@H]1c1ccc(C#N)cc1CCn1cc[n+](C)c1CO.O=C[O-]. The number of aliphatic hydroxyl groups excluding tert-OH is 1. The van der Waals surface area contributed by atoms with Crippen LogP contribution in [0.25, 0.3) is 0 Å². The number of imidazole rings is 1. The van der Waals surface area contributed by atoms with Crippen molar-refractivity contribution < 1.29 is 42.3 Å². The molecule has 0 aliphatic carbocycles. The van der Waals surface area contributed by atoms with Gasteiger partial charge in [-0.1, -0.05) is 12.1 Å². The van der Waals surface area contributed by atoms with E-state index < -0.39 is 35.9 Å². The van der Waals surface area contributed by atoms with Crippen LogP contribution in [0.5, 0.6) is 0 Å². The summed E-state index contributed by atoms with van der Waals surface area (Å²) in [7, 11) is 2.97. The van der Waals surface area contributed by atoms with Crippen LogP contribution in [0.2, 0.25) is 0 Å². The number of nitrogens with zero attached hydrogens (tertiary/aromatic N) is 6. The quantitative estimate of drug-likeness (QED) is 0.172. The predicted molar refractivity (Wildman–Crippen MR) is 152 cm³/mol. The first-order valence-corrected chi connectivity index (χ1v) is 13.6. The van der Waals surface area contributed by atoms with Crippen molar-refractivity contribution in [3.63, 3.8) is 0 Å². The molecular weight excluding hydrogens is 611 g/mol. The molecule has 0 amide bonds. The van der Waals surface area contributed by atoms with Gasteiger partial charge in [0.25, 0.3) is 5.82 Å². The molecule has 16 heteroatoms. The van der Waals surface area contributed by atoms with Gasteiger partial charge < -0.3 is 19.7 Å². The van der Waals surface area contributed by atoms with Gasteiger partial charge in [-0.2, -0.15) is 18.4 Å². The zero-order chi connectivity index (χ0) is 33.8. The number of aromatic amines is 1. The van der Waals surface area contributed by atoms with Gasteiger partial charge in [0, 0.05) is 24.3 Å². The standard InChI is InChI=1S/C29H26F3N7O4.CH2O2/c1-17-24(26(41)43-3)25(22-8-7-18(15-33)13-19(22)9-10-37-12-11-36(2)23(37)16-40)39-27(34-35-28(39)42)38(17)21-6-4-5-20(14-21)29(30,31)32;2-1-3/h4-8,11-14,25,40H,9-10,16H2,1-3H3;1H,(H,2,3)/t25-;/m1./s1. The Morgan fingerprint density at radius 2 is 2.00 bits per heavy atom. The Morgan fingerprint density at radius 3 is 2.63 bits per heavy atom. The van der Waals surface area contributed by atoms with E-state index in [4.69, 9.17) is 14.6 Å². The van der Waals surface area contributed by atoms with E-state index in [9.17, 15) is 33.1 Å². The second-order valence-electron chi connectivity index (χ2n) is 10.0. The maximum absolute atomic E-state index is 13.6. The smallest absolute Gasteiger partial charge is 0.416 e. The number of fused-ring (bicyclic) bond motifs is 1. The van der Waals surface area contributed by atoms with Gasteiger partial charge in [0.1, 0.15) is 25.0 Å². The van der Waals surface area contributed by atoms with Crippen LogP contribution in [0.4, 0.5) is 24.8 Å². The highest BCUT2D eigenvalue weighted by molar-refractivity contribution is 5.93. The summed E-state index contributed by atoms with van der Waals surface area (Å²) in [6.45, 7) is 1.23. The number of alkyl halides is 3. The molecule has 1 atom stereocenters. The predicted octanol–water partition coefficient (Wildman–Crippen LogP) is 1.38. The molecule has 240 valence electrons. The second-order valence-corrected chi connectivity index (χ2v) is 10.0. The molecule has 4 aromatic rings. The van der Waals surface area contributed by atoms with Crippen LogP contribution < -0.4 is 20.3 Å². The van der Waals surface area contributed by atoms with Crippen LogP contribution >= 0.6 is 0 Å². The van der Waals surface area contributed by atoms with Gasteiger partial charge in [0.2, 0.25) is 5.95 Å². The first-order valence-electron chi connectivity index (χ1n) is 13.6. The number of benzene rings is 2. The third-order valence-corrected chi connectivity index (χ3v) is 7.52. The van der Waals surface area contributed by atoms with Gasteiger partial charge >= 0.3 is 17.8 Å². The zero-order valence-electron chi connectivity index (χ0n) is 24.8. The number of hydrogen-bond acceptors (Lipinski definition) is 9. The minimum absolute atomic E-state index is 0.00489. The van der Waals surface area contributed by atoms with Crippen LogP contribution in [0.1, 0.15) is 41.0 Å². The molecule has 2 aromatic heterocycles. The molecule has 0 unspecified atom stereocenters. The Balaban J connectivity index is 0.00000154. The van der Waals surface area contributed by atoms with Crippen LogP contribution in [0, 0.1) is 11.3 Å². The topological polar surface area (TPSA) is 173 Å². The summed E-state index contributed by atoms with van der Waals surface area (Å²) in [5, 5.41) is 34.2. The lowest BCUT2D eigenvalue weighted by Gasteiger charge is -2.36. The average Bonchev–Trinajstić information content (AvgIpc) is 3.59. The lowest BCUT2D eigenvalue weighted by atomic mass is 9.89. The zero-order valence-corrected chi connectivity index (χ0v) is 24.8. The Labute approximate surface area is 259 Å². The second kappa shape index (κ2) is 13.5. The molecule has 1 aliphatic rings. The van der Waals surface area contributed by atoms with Crippen LogP contribution in [0.3, 0.4) is 0 Å². The number of anilines is 2. The van der Waals surface area contributed by atoms with Gasteiger partial charge in [-0.3, -0.25) is 4.90 Å². The Bertz CT molecular complexity index is 1900. The number of hydrogen-bond donors (Lipinski definition) is 2. The number of carbonyl (C=O) groups excluding carboxylic acids is 2. The highest BCUT2D eigenvalue weighted by Gasteiger charge is 2.41. The lowest BCUT2D eigenvalue weighted by Crippen LogP contribution is -2.38. The fourth-order valence-electron chi connectivity index (χ4n) is 5.44. The van der Waals surface area contributed by atoms with Crippen LogP contribution in [-0.4, -0.2) is 44.0 Å². The third-order valence-electron chi connectivity index (χ3n) is 7.52. The van der Waals surface area contributed by atoms with Gasteiger partial charge in [-0.25, -0.2) is 28.4 Å². The number of aliphatic hydroxyl groups is 1. The molecule has 5 rings (SSSR count). The number of esters is 1. The van der Waals surface area contributed by atoms with Crippen molar-refractivity contribution in [1.82, 2.24) is 19.3 Å². The molecule has 2 N–H and O–H groups in total. The highest BCUT2D eigenvalue weighted by Crippen LogP contribution is 2.43. The monoisotopic (exact) mass is 639 g/mol. The molecule has 13 nitrogen and oxygen atoms in total. The summed E-state index contributed by atoms with van der Waals surface area (Å²) in [5.41, 5.74) is 0.0907. The van der Waals surface area contributed by atoms with E-state index in [1.807, 2.05) is 4.57 Å². The summed E-state index contributed by atoms with van der Waals surface area (Å²) in [6.07, 6.45) is -0.696. The first kappa shape index (κ1) is 33.2. The average molecular weight is 640 g/mol. The van der Waals surface area contributed by atoms with Gasteiger partial charge in [0.15, 0.2) is 0 Å². The minimum atomic E-state index is -4.63. The van der Waals surface area contributed by atoms with E-state index in [0.29, 0.717) is 35.5 Å². The largest absolute Gasteiger partial charge is 0.554 e.